The van der Waals surface area contributed by atoms with Crippen molar-refractivity contribution in [3.8, 4) is 5.75 Å². The van der Waals surface area contributed by atoms with Crippen molar-refractivity contribution >= 4 is 28.8 Å². The molecular weight excluding hydrogens is 434 g/mol. The number of carbonyl (C=O) groups is 2. The summed E-state index contributed by atoms with van der Waals surface area (Å²) < 4.78 is 5.72. The van der Waals surface area contributed by atoms with Gasteiger partial charge in [0.15, 0.2) is 0 Å². The number of ketones is 1. The SMILES string of the molecule is Cc1ccccc1C1/C(=C(/O)c2ccc(OCC(C)C)cc2)C(=O)C(=O)N1Cc1cccs1. The Morgan fingerprint density at radius 1 is 1.06 bits per heavy atom. The summed E-state index contributed by atoms with van der Waals surface area (Å²) in [4.78, 5) is 28.8. The number of aliphatic hydroxyl groups is 1. The van der Waals surface area contributed by atoms with E-state index < -0.39 is 17.7 Å². The van der Waals surface area contributed by atoms with Gasteiger partial charge < -0.3 is 14.7 Å². The minimum atomic E-state index is -0.669. The number of hydrogen-bond acceptors (Lipinski definition) is 5. The maximum absolute atomic E-state index is 13.2. The molecule has 1 aromatic heterocycles. The summed E-state index contributed by atoms with van der Waals surface area (Å²) in [5.74, 6) is -0.362. The van der Waals surface area contributed by atoms with E-state index in [1.54, 1.807) is 29.2 Å². The van der Waals surface area contributed by atoms with Gasteiger partial charge >= 0.3 is 0 Å². The van der Waals surface area contributed by atoms with Crippen molar-refractivity contribution in [3.63, 3.8) is 0 Å². The van der Waals surface area contributed by atoms with Crippen molar-refractivity contribution in [1.29, 1.82) is 0 Å². The molecule has 0 spiro atoms. The minimum Gasteiger partial charge on any atom is -0.507 e. The Hall–Kier alpha value is -3.38. The van der Waals surface area contributed by atoms with Gasteiger partial charge in [-0.05, 0) is 59.7 Å². The lowest BCUT2D eigenvalue weighted by Crippen LogP contribution is -2.29. The van der Waals surface area contributed by atoms with Gasteiger partial charge in [0.2, 0.25) is 0 Å². The van der Waals surface area contributed by atoms with Crippen LogP contribution in [0.2, 0.25) is 0 Å². The van der Waals surface area contributed by atoms with Crippen LogP contribution in [0.15, 0.2) is 71.6 Å². The quantitative estimate of drug-likeness (QED) is 0.278. The van der Waals surface area contributed by atoms with Gasteiger partial charge in [-0.25, -0.2) is 0 Å². The number of ether oxygens (including phenoxy) is 1. The number of likely N-dealkylation sites (tertiary alicyclic amines) is 1. The summed E-state index contributed by atoms with van der Waals surface area (Å²) in [6.45, 7) is 6.98. The number of aryl methyl sites for hydroxylation is 1. The van der Waals surface area contributed by atoms with E-state index in [9.17, 15) is 14.7 Å². The Kier molecular flexibility index (Phi) is 6.65. The molecule has 3 aromatic rings. The average molecular weight is 462 g/mol. The van der Waals surface area contributed by atoms with E-state index in [4.69, 9.17) is 4.74 Å². The van der Waals surface area contributed by atoms with E-state index in [2.05, 4.69) is 13.8 Å². The number of benzene rings is 2. The lowest BCUT2D eigenvalue weighted by molar-refractivity contribution is -0.140. The molecule has 0 saturated carbocycles. The molecule has 1 aliphatic heterocycles. The second kappa shape index (κ2) is 9.63. The van der Waals surface area contributed by atoms with Gasteiger partial charge in [0.25, 0.3) is 11.7 Å². The molecular formula is C27H27NO4S. The number of thiophene rings is 1. The molecule has 1 N–H and O–H groups in total. The third-order valence-corrected chi connectivity index (χ3v) is 6.50. The van der Waals surface area contributed by atoms with Crippen LogP contribution in [-0.4, -0.2) is 28.3 Å². The number of hydrogen-bond donors (Lipinski definition) is 1. The topological polar surface area (TPSA) is 66.8 Å². The molecule has 1 saturated heterocycles. The molecule has 2 aromatic carbocycles. The molecule has 6 heteroatoms. The summed E-state index contributed by atoms with van der Waals surface area (Å²) in [6, 6.07) is 17.8. The molecule has 33 heavy (non-hydrogen) atoms. The van der Waals surface area contributed by atoms with Crippen molar-refractivity contribution in [2.24, 2.45) is 5.92 Å². The third-order valence-electron chi connectivity index (χ3n) is 5.64. The van der Waals surface area contributed by atoms with Crippen LogP contribution >= 0.6 is 11.3 Å². The fourth-order valence-corrected chi connectivity index (χ4v) is 4.66. The third kappa shape index (κ3) is 4.71. The lowest BCUT2D eigenvalue weighted by atomic mass is 9.92. The Balaban J connectivity index is 1.77. The molecule has 1 amide bonds. The number of amides is 1. The van der Waals surface area contributed by atoms with Crippen molar-refractivity contribution in [2.45, 2.75) is 33.4 Å². The average Bonchev–Trinajstić information content (AvgIpc) is 3.40. The predicted molar refractivity (Wildman–Crippen MR) is 130 cm³/mol. The highest BCUT2D eigenvalue weighted by Gasteiger charge is 2.46. The molecule has 1 atom stereocenters. The zero-order valence-corrected chi connectivity index (χ0v) is 19.8. The summed E-state index contributed by atoms with van der Waals surface area (Å²) in [5, 5.41) is 13.2. The van der Waals surface area contributed by atoms with Crippen LogP contribution in [0.25, 0.3) is 5.76 Å². The van der Waals surface area contributed by atoms with Crippen LogP contribution in [0, 0.1) is 12.8 Å². The van der Waals surface area contributed by atoms with Crippen LogP contribution < -0.4 is 4.74 Å². The van der Waals surface area contributed by atoms with Gasteiger partial charge in [-0.3, -0.25) is 9.59 Å². The number of nitrogens with zero attached hydrogens (tertiary/aromatic N) is 1. The van der Waals surface area contributed by atoms with Gasteiger partial charge in [-0.2, -0.15) is 0 Å². The van der Waals surface area contributed by atoms with E-state index >= 15 is 0 Å². The molecule has 170 valence electrons. The smallest absolute Gasteiger partial charge is 0.295 e. The fourth-order valence-electron chi connectivity index (χ4n) is 3.96. The second-order valence-corrected chi connectivity index (χ2v) is 9.62. The first-order valence-electron chi connectivity index (χ1n) is 11.0. The molecule has 2 heterocycles. The highest BCUT2D eigenvalue weighted by molar-refractivity contribution is 7.09. The summed E-state index contributed by atoms with van der Waals surface area (Å²) >= 11 is 1.53. The van der Waals surface area contributed by atoms with E-state index in [1.165, 1.54) is 11.3 Å². The molecule has 0 radical (unpaired) electrons. The Labute approximate surface area is 197 Å². The first kappa shape index (κ1) is 22.8. The van der Waals surface area contributed by atoms with Gasteiger partial charge in [0.05, 0.1) is 24.8 Å². The van der Waals surface area contributed by atoms with Crippen LogP contribution in [0.1, 0.15) is 41.5 Å². The Morgan fingerprint density at radius 3 is 2.42 bits per heavy atom. The van der Waals surface area contributed by atoms with E-state index in [0.29, 0.717) is 30.4 Å². The second-order valence-electron chi connectivity index (χ2n) is 8.59. The maximum Gasteiger partial charge on any atom is 0.295 e. The Bertz CT molecular complexity index is 1180. The van der Waals surface area contributed by atoms with Crippen molar-refractivity contribution in [3.05, 3.63) is 93.2 Å². The fraction of sp³-hybridized carbons (Fsp3) is 0.259. The Morgan fingerprint density at radius 2 is 1.79 bits per heavy atom. The van der Waals surface area contributed by atoms with E-state index in [1.807, 2.05) is 48.7 Å². The molecule has 4 rings (SSSR count). The van der Waals surface area contributed by atoms with Crippen LogP contribution in [-0.2, 0) is 16.1 Å². The van der Waals surface area contributed by atoms with Crippen LogP contribution in [0.4, 0.5) is 0 Å². The van der Waals surface area contributed by atoms with Crippen LogP contribution in [0.3, 0.4) is 0 Å². The summed E-state index contributed by atoms with van der Waals surface area (Å²) in [6.07, 6.45) is 0. The van der Waals surface area contributed by atoms with Crippen molar-refractivity contribution in [2.75, 3.05) is 6.61 Å². The lowest BCUT2D eigenvalue weighted by Gasteiger charge is -2.26. The zero-order valence-electron chi connectivity index (χ0n) is 18.9. The standard InChI is InChI=1S/C27H27NO4S/c1-17(2)16-32-20-12-10-19(11-13-20)25(29)23-24(22-9-5-4-7-18(22)3)28(27(31)26(23)30)15-21-8-6-14-33-21/h4-14,17,24,29H,15-16H2,1-3H3/b25-23-. The number of aliphatic hydroxyl groups excluding tert-OH is 1. The van der Waals surface area contributed by atoms with Gasteiger partial charge in [-0.15, -0.1) is 11.3 Å². The number of rotatable bonds is 7. The monoisotopic (exact) mass is 461 g/mol. The molecule has 0 aliphatic carbocycles. The number of carbonyl (C=O) groups excluding carboxylic acids is 2. The molecule has 1 aliphatic rings. The van der Waals surface area contributed by atoms with Gasteiger partial charge in [-0.1, -0.05) is 44.2 Å². The number of Topliss-reactive ketones (excluding diaryl/α,β-unsaturated/α-hetero) is 1. The molecule has 1 fully saturated rings. The van der Waals surface area contributed by atoms with Crippen molar-refractivity contribution < 1.29 is 19.4 Å². The normalized spacial score (nSPS) is 17.7. The first-order valence-corrected chi connectivity index (χ1v) is 11.8. The molecule has 1 unspecified atom stereocenters. The highest BCUT2D eigenvalue weighted by Crippen LogP contribution is 2.41. The summed E-state index contributed by atoms with van der Waals surface area (Å²) in [7, 11) is 0. The van der Waals surface area contributed by atoms with Crippen molar-refractivity contribution in [1.82, 2.24) is 4.90 Å². The first-order chi connectivity index (χ1) is 15.9. The van der Waals surface area contributed by atoms with Gasteiger partial charge in [0, 0.05) is 10.4 Å². The molecule has 5 nitrogen and oxygen atoms in total. The minimum absolute atomic E-state index is 0.113. The van der Waals surface area contributed by atoms with E-state index in [-0.39, 0.29) is 11.3 Å². The largest absolute Gasteiger partial charge is 0.507 e. The van der Waals surface area contributed by atoms with Gasteiger partial charge in [0.1, 0.15) is 11.5 Å². The zero-order chi connectivity index (χ0) is 23.5. The highest BCUT2D eigenvalue weighted by atomic mass is 32.1. The summed E-state index contributed by atoms with van der Waals surface area (Å²) in [5.41, 5.74) is 2.36. The van der Waals surface area contributed by atoms with Crippen LogP contribution in [0.5, 0.6) is 5.75 Å². The maximum atomic E-state index is 13.2. The predicted octanol–water partition coefficient (Wildman–Crippen LogP) is 5.71. The van der Waals surface area contributed by atoms with E-state index in [0.717, 1.165) is 16.0 Å². The molecule has 0 bridgehead atoms.